The summed E-state index contributed by atoms with van der Waals surface area (Å²) in [6, 6.07) is 60.2. The summed E-state index contributed by atoms with van der Waals surface area (Å²) in [5.41, 5.74) is 14.0. The van der Waals surface area contributed by atoms with Gasteiger partial charge in [0.15, 0.2) is 11.6 Å². The van der Waals surface area contributed by atoms with E-state index in [1.165, 1.54) is 33.4 Å². The number of aromatic nitrogens is 4. The average Bonchev–Trinajstić information content (AvgIpc) is 3.67. The number of para-hydroxylation sites is 2. The lowest BCUT2D eigenvalue weighted by Gasteiger charge is -2.22. The quantitative estimate of drug-likeness (QED) is 0.184. The van der Waals surface area contributed by atoms with Gasteiger partial charge in [-0.05, 0) is 57.1 Å². The Morgan fingerprint density at radius 1 is 0.404 bits per heavy atom. The molecule has 7 aromatic carbocycles. The van der Waals surface area contributed by atoms with Crippen molar-refractivity contribution in [3.05, 3.63) is 181 Å². The van der Waals surface area contributed by atoms with Crippen LogP contribution in [0.25, 0.3) is 83.9 Å². The number of hydrogen-bond donors (Lipinski definition) is 0. The normalized spacial score (nSPS) is 13.0. The Balaban J connectivity index is 1.18. The molecule has 2 aromatic heterocycles. The minimum absolute atomic E-state index is 0.0617. The molecule has 0 unspecified atom stereocenters. The highest BCUT2D eigenvalue weighted by Crippen LogP contribution is 2.49. The first kappa shape index (κ1) is 30.2. The monoisotopic (exact) mass is 666 g/mol. The lowest BCUT2D eigenvalue weighted by molar-refractivity contribution is 0.660. The van der Waals surface area contributed by atoms with Gasteiger partial charge >= 0.3 is 0 Å². The van der Waals surface area contributed by atoms with Crippen LogP contribution in [0.2, 0.25) is 0 Å². The van der Waals surface area contributed by atoms with Crippen LogP contribution in [-0.2, 0) is 5.41 Å². The van der Waals surface area contributed by atoms with Gasteiger partial charge in [0.25, 0.3) is 0 Å². The highest BCUT2D eigenvalue weighted by Gasteiger charge is 2.35. The SMILES string of the molecule is CC1(C)c2ccccc2-c2ccc(-c3cccc(-c4cccc5c6ccccc6n(-c6nc(-c7ccccc7)nc(-c7ccccc7)n6)c45)c3)cc21. The van der Waals surface area contributed by atoms with Crippen LogP contribution in [0, 0.1) is 0 Å². The van der Waals surface area contributed by atoms with Gasteiger partial charge in [-0.25, -0.2) is 4.98 Å². The molecular formula is C48H34N4. The fourth-order valence-corrected chi connectivity index (χ4v) is 8.11. The molecule has 0 spiro atoms. The highest BCUT2D eigenvalue weighted by molar-refractivity contribution is 6.13. The third-order valence-corrected chi connectivity index (χ3v) is 10.7. The van der Waals surface area contributed by atoms with Crippen molar-refractivity contribution in [2.24, 2.45) is 0 Å². The predicted octanol–water partition coefficient (Wildman–Crippen LogP) is 11.9. The van der Waals surface area contributed by atoms with Crippen molar-refractivity contribution in [3.8, 4) is 62.1 Å². The molecule has 246 valence electrons. The van der Waals surface area contributed by atoms with Crippen LogP contribution in [0.3, 0.4) is 0 Å². The molecule has 0 fully saturated rings. The smallest absolute Gasteiger partial charge is 0.238 e. The third kappa shape index (κ3) is 4.72. The summed E-state index contributed by atoms with van der Waals surface area (Å²) in [5.74, 6) is 1.86. The Hall–Kier alpha value is -6.65. The Labute approximate surface area is 302 Å². The number of fused-ring (bicyclic) bond motifs is 6. The van der Waals surface area contributed by atoms with Crippen LogP contribution >= 0.6 is 0 Å². The van der Waals surface area contributed by atoms with Gasteiger partial charge < -0.3 is 0 Å². The summed E-state index contributed by atoms with van der Waals surface area (Å²) in [4.78, 5) is 15.3. The van der Waals surface area contributed by atoms with Crippen LogP contribution in [0.1, 0.15) is 25.0 Å². The van der Waals surface area contributed by atoms with Gasteiger partial charge in [0, 0.05) is 32.9 Å². The number of hydrogen-bond acceptors (Lipinski definition) is 3. The van der Waals surface area contributed by atoms with E-state index in [0.29, 0.717) is 17.6 Å². The first-order valence-corrected chi connectivity index (χ1v) is 17.8. The maximum Gasteiger partial charge on any atom is 0.238 e. The summed E-state index contributed by atoms with van der Waals surface area (Å²) in [7, 11) is 0. The Kier molecular flexibility index (Phi) is 6.80. The highest BCUT2D eigenvalue weighted by atomic mass is 15.2. The number of rotatable bonds is 5. The summed E-state index contributed by atoms with van der Waals surface area (Å²) in [5, 5.41) is 2.30. The molecule has 4 nitrogen and oxygen atoms in total. The molecule has 9 aromatic rings. The van der Waals surface area contributed by atoms with Crippen LogP contribution < -0.4 is 0 Å². The van der Waals surface area contributed by atoms with Crippen molar-refractivity contribution in [1.82, 2.24) is 19.5 Å². The largest absolute Gasteiger partial charge is 0.277 e. The van der Waals surface area contributed by atoms with E-state index in [2.05, 4.69) is 152 Å². The maximum atomic E-state index is 5.18. The molecule has 0 bridgehead atoms. The van der Waals surface area contributed by atoms with E-state index in [4.69, 9.17) is 15.0 Å². The zero-order valence-corrected chi connectivity index (χ0v) is 29.0. The van der Waals surface area contributed by atoms with Gasteiger partial charge in [0.2, 0.25) is 5.95 Å². The minimum atomic E-state index is -0.0617. The molecule has 0 saturated carbocycles. The summed E-state index contributed by atoms with van der Waals surface area (Å²) in [6.45, 7) is 4.68. The van der Waals surface area contributed by atoms with Gasteiger partial charge in [0.1, 0.15) is 0 Å². The summed E-state index contributed by atoms with van der Waals surface area (Å²) in [6.07, 6.45) is 0. The molecular weight excluding hydrogens is 633 g/mol. The Morgan fingerprint density at radius 3 is 1.73 bits per heavy atom. The molecule has 2 heterocycles. The van der Waals surface area contributed by atoms with E-state index in [0.717, 1.165) is 44.1 Å². The predicted molar refractivity (Wildman–Crippen MR) is 213 cm³/mol. The van der Waals surface area contributed by atoms with Crippen molar-refractivity contribution < 1.29 is 0 Å². The number of benzene rings is 7. The zero-order chi connectivity index (χ0) is 34.8. The van der Waals surface area contributed by atoms with Gasteiger partial charge in [-0.1, -0.05) is 166 Å². The first-order chi connectivity index (χ1) is 25.5. The molecule has 1 aliphatic rings. The van der Waals surface area contributed by atoms with Crippen LogP contribution in [0.15, 0.2) is 170 Å². The second-order valence-corrected chi connectivity index (χ2v) is 14.1. The van der Waals surface area contributed by atoms with E-state index in [1.54, 1.807) is 0 Å². The molecule has 0 aliphatic heterocycles. The molecule has 0 N–H and O–H groups in total. The maximum absolute atomic E-state index is 5.18. The molecule has 0 saturated heterocycles. The lowest BCUT2D eigenvalue weighted by atomic mass is 9.81. The van der Waals surface area contributed by atoms with Gasteiger partial charge in [-0.2, -0.15) is 9.97 Å². The van der Waals surface area contributed by atoms with Gasteiger partial charge in [-0.15, -0.1) is 0 Å². The topological polar surface area (TPSA) is 43.6 Å². The summed E-state index contributed by atoms with van der Waals surface area (Å²) < 4.78 is 2.22. The van der Waals surface area contributed by atoms with E-state index in [9.17, 15) is 0 Å². The van der Waals surface area contributed by atoms with Gasteiger partial charge in [0.05, 0.1) is 11.0 Å². The van der Waals surface area contributed by atoms with Crippen LogP contribution in [0.5, 0.6) is 0 Å². The van der Waals surface area contributed by atoms with E-state index in [-0.39, 0.29) is 5.41 Å². The fourth-order valence-electron chi connectivity index (χ4n) is 8.11. The van der Waals surface area contributed by atoms with Crippen molar-refractivity contribution in [2.45, 2.75) is 19.3 Å². The third-order valence-electron chi connectivity index (χ3n) is 10.7. The standard InChI is InChI=1S/C48H34N4/c1-48(2)41-25-11-9-21-37(41)38-28-27-34(30-42(38)48)33-19-13-20-35(29-33)36-23-14-24-40-39-22-10-12-26-43(39)52(44(36)40)47-50-45(31-15-5-3-6-16-31)49-46(51-47)32-17-7-4-8-18-32/h3-30H,1-2H3. The van der Waals surface area contributed by atoms with Crippen LogP contribution in [-0.4, -0.2) is 19.5 Å². The molecule has 52 heavy (non-hydrogen) atoms. The zero-order valence-electron chi connectivity index (χ0n) is 29.0. The first-order valence-electron chi connectivity index (χ1n) is 17.8. The Morgan fingerprint density at radius 2 is 0.962 bits per heavy atom. The van der Waals surface area contributed by atoms with E-state index in [1.807, 2.05) is 36.4 Å². The second kappa shape index (κ2) is 11.7. The molecule has 0 atom stereocenters. The van der Waals surface area contributed by atoms with Crippen molar-refractivity contribution >= 4 is 21.8 Å². The average molecular weight is 667 g/mol. The molecule has 10 rings (SSSR count). The van der Waals surface area contributed by atoms with Crippen molar-refractivity contribution in [3.63, 3.8) is 0 Å². The van der Waals surface area contributed by atoms with Gasteiger partial charge in [-0.3, -0.25) is 4.57 Å². The summed E-state index contributed by atoms with van der Waals surface area (Å²) >= 11 is 0. The molecule has 0 amide bonds. The molecule has 4 heteroatoms. The minimum Gasteiger partial charge on any atom is -0.277 e. The molecule has 1 aliphatic carbocycles. The Bertz CT molecular complexity index is 2760. The number of nitrogens with zero attached hydrogens (tertiary/aromatic N) is 4. The van der Waals surface area contributed by atoms with E-state index < -0.39 is 0 Å². The van der Waals surface area contributed by atoms with Crippen molar-refractivity contribution in [1.29, 1.82) is 0 Å². The van der Waals surface area contributed by atoms with Crippen molar-refractivity contribution in [2.75, 3.05) is 0 Å². The second-order valence-electron chi connectivity index (χ2n) is 14.1. The van der Waals surface area contributed by atoms with Crippen LogP contribution in [0.4, 0.5) is 0 Å². The van der Waals surface area contributed by atoms with E-state index >= 15 is 0 Å². The fraction of sp³-hybridized carbons (Fsp3) is 0.0625. The molecule has 0 radical (unpaired) electrons. The lowest BCUT2D eigenvalue weighted by Crippen LogP contribution is -2.14.